The van der Waals surface area contributed by atoms with E-state index >= 15 is 0 Å². The molecule has 3 atom stereocenters. The molecule has 1 aliphatic heterocycles. The van der Waals surface area contributed by atoms with Gasteiger partial charge in [-0.3, -0.25) is 9.69 Å². The van der Waals surface area contributed by atoms with Crippen molar-refractivity contribution in [1.82, 2.24) is 4.90 Å². The second-order valence-corrected chi connectivity index (χ2v) is 7.87. The first-order valence-corrected chi connectivity index (χ1v) is 10.0. The van der Waals surface area contributed by atoms with Crippen LogP contribution < -0.4 is 5.73 Å². The van der Waals surface area contributed by atoms with Gasteiger partial charge in [0.1, 0.15) is 6.61 Å². The van der Waals surface area contributed by atoms with Gasteiger partial charge in [-0.2, -0.15) is 0 Å². The summed E-state index contributed by atoms with van der Waals surface area (Å²) in [7, 11) is 0. The van der Waals surface area contributed by atoms with Crippen molar-refractivity contribution in [2.24, 2.45) is 11.7 Å². The maximum absolute atomic E-state index is 13.1. The third-order valence-electron chi connectivity index (χ3n) is 6.04. The largest absolute Gasteiger partial charge is 0.445 e. The predicted molar refractivity (Wildman–Crippen MR) is 107 cm³/mol. The number of nitrogens with zero attached hydrogens (tertiary/aromatic N) is 1. The second-order valence-electron chi connectivity index (χ2n) is 7.87. The fraction of sp³-hybridized carbons (Fsp3) is 0.391. The molecule has 2 N–H and O–H groups in total. The normalized spacial score (nSPS) is 23.9. The van der Waals surface area contributed by atoms with Crippen LogP contribution >= 0.6 is 0 Å². The van der Waals surface area contributed by atoms with Gasteiger partial charge < -0.3 is 10.5 Å². The molecule has 146 valence electrons. The van der Waals surface area contributed by atoms with Gasteiger partial charge >= 0.3 is 6.09 Å². The number of likely N-dealkylation sites (tertiary alicyclic amines) is 1. The Kier molecular flexibility index (Phi) is 5.33. The zero-order valence-electron chi connectivity index (χ0n) is 15.9. The van der Waals surface area contributed by atoms with Gasteiger partial charge in [0.05, 0.1) is 6.04 Å². The molecule has 1 heterocycles. The number of rotatable bonds is 4. The maximum Gasteiger partial charge on any atom is 0.410 e. The van der Waals surface area contributed by atoms with E-state index in [9.17, 15) is 9.59 Å². The van der Waals surface area contributed by atoms with Crippen molar-refractivity contribution < 1.29 is 14.3 Å². The SMILES string of the molecule is NC(=O)c1ccc(C2CC3CCCC(C3)N2C(=O)OCc2ccccc2)cc1. The summed E-state index contributed by atoms with van der Waals surface area (Å²) < 4.78 is 5.69. The number of nitrogens with two attached hydrogens (primary N) is 1. The Balaban J connectivity index is 1.55. The number of primary amides is 1. The van der Waals surface area contributed by atoms with E-state index < -0.39 is 5.91 Å². The van der Waals surface area contributed by atoms with Gasteiger partial charge in [-0.05, 0) is 48.4 Å². The van der Waals surface area contributed by atoms with Crippen LogP contribution in [0, 0.1) is 5.92 Å². The van der Waals surface area contributed by atoms with E-state index in [1.807, 2.05) is 47.4 Å². The standard InChI is InChI=1S/C23H26N2O3/c24-22(26)19-11-9-18(10-12-19)21-14-17-7-4-8-20(13-17)25(21)23(27)28-15-16-5-2-1-3-6-16/h1-3,5-6,9-12,17,20-21H,4,7-8,13-15H2,(H2,24,26). The highest BCUT2D eigenvalue weighted by atomic mass is 16.6. The molecular formula is C23H26N2O3. The highest BCUT2D eigenvalue weighted by Gasteiger charge is 2.41. The van der Waals surface area contributed by atoms with Crippen LogP contribution in [0.1, 0.15) is 59.6 Å². The minimum absolute atomic E-state index is 0.0192. The van der Waals surface area contributed by atoms with Crippen molar-refractivity contribution in [2.45, 2.75) is 50.8 Å². The molecule has 0 aromatic heterocycles. The Morgan fingerprint density at radius 3 is 2.46 bits per heavy atom. The first-order chi connectivity index (χ1) is 13.6. The number of amides is 2. The van der Waals surface area contributed by atoms with Crippen LogP contribution in [-0.2, 0) is 11.3 Å². The minimum atomic E-state index is -0.439. The highest BCUT2D eigenvalue weighted by molar-refractivity contribution is 5.92. The van der Waals surface area contributed by atoms with Gasteiger partial charge in [-0.1, -0.05) is 55.3 Å². The van der Waals surface area contributed by atoms with Gasteiger partial charge in [0.15, 0.2) is 0 Å². The molecule has 4 rings (SSSR count). The lowest BCUT2D eigenvalue weighted by atomic mass is 9.75. The Bertz CT molecular complexity index is 835. The molecule has 3 unspecified atom stereocenters. The van der Waals surface area contributed by atoms with Gasteiger partial charge in [0.2, 0.25) is 5.91 Å². The van der Waals surface area contributed by atoms with Gasteiger partial charge in [0.25, 0.3) is 0 Å². The van der Waals surface area contributed by atoms with E-state index in [0.29, 0.717) is 11.5 Å². The molecule has 28 heavy (non-hydrogen) atoms. The van der Waals surface area contributed by atoms with E-state index in [0.717, 1.165) is 36.8 Å². The van der Waals surface area contributed by atoms with Crippen molar-refractivity contribution in [3.63, 3.8) is 0 Å². The van der Waals surface area contributed by atoms with Gasteiger partial charge in [-0.15, -0.1) is 0 Å². The van der Waals surface area contributed by atoms with Crippen LogP contribution in [0.4, 0.5) is 4.79 Å². The summed E-state index contributed by atoms with van der Waals surface area (Å²) in [4.78, 5) is 26.4. The molecule has 1 saturated carbocycles. The molecule has 1 aliphatic carbocycles. The number of piperidine rings is 1. The average molecular weight is 378 g/mol. The second kappa shape index (κ2) is 8.05. The first kappa shape index (κ1) is 18.5. The average Bonchev–Trinajstić information content (AvgIpc) is 2.72. The number of hydrogen-bond donors (Lipinski definition) is 1. The lowest BCUT2D eigenvalue weighted by Gasteiger charge is -2.47. The number of carbonyl (C=O) groups excluding carboxylic acids is 2. The van der Waals surface area contributed by atoms with Crippen molar-refractivity contribution >= 4 is 12.0 Å². The van der Waals surface area contributed by atoms with Crippen molar-refractivity contribution in [1.29, 1.82) is 0 Å². The van der Waals surface area contributed by atoms with Crippen molar-refractivity contribution in [3.8, 4) is 0 Å². The molecule has 2 aromatic carbocycles. The van der Waals surface area contributed by atoms with E-state index in [1.165, 1.54) is 6.42 Å². The highest BCUT2D eigenvalue weighted by Crippen LogP contribution is 2.44. The first-order valence-electron chi connectivity index (χ1n) is 10.0. The number of benzene rings is 2. The van der Waals surface area contributed by atoms with Gasteiger partial charge in [0, 0.05) is 11.6 Å². The third-order valence-corrected chi connectivity index (χ3v) is 6.04. The van der Waals surface area contributed by atoms with E-state index in [-0.39, 0.29) is 24.8 Å². The lowest BCUT2D eigenvalue weighted by molar-refractivity contribution is 0.00802. The Morgan fingerprint density at radius 1 is 1.00 bits per heavy atom. The Labute approximate surface area is 165 Å². The third kappa shape index (κ3) is 3.88. The van der Waals surface area contributed by atoms with E-state index in [4.69, 9.17) is 10.5 Å². The van der Waals surface area contributed by atoms with Gasteiger partial charge in [-0.25, -0.2) is 4.79 Å². The molecule has 2 amide bonds. The van der Waals surface area contributed by atoms with E-state index in [2.05, 4.69) is 0 Å². The number of carbonyl (C=O) groups is 2. The molecule has 0 radical (unpaired) electrons. The van der Waals surface area contributed by atoms with Crippen molar-refractivity contribution in [2.75, 3.05) is 0 Å². The lowest BCUT2D eigenvalue weighted by Crippen LogP contribution is -2.49. The van der Waals surface area contributed by atoms with Crippen LogP contribution in [0.15, 0.2) is 54.6 Å². The monoisotopic (exact) mass is 378 g/mol. The summed E-state index contributed by atoms with van der Waals surface area (Å²) in [5.41, 5.74) is 7.87. The molecule has 2 bridgehead atoms. The Hall–Kier alpha value is -2.82. The molecule has 5 nitrogen and oxygen atoms in total. The van der Waals surface area contributed by atoms with Crippen LogP contribution in [0.25, 0.3) is 0 Å². The molecule has 1 saturated heterocycles. The minimum Gasteiger partial charge on any atom is -0.445 e. The van der Waals surface area contributed by atoms with Crippen LogP contribution in [0.3, 0.4) is 0 Å². The maximum atomic E-state index is 13.1. The summed E-state index contributed by atoms with van der Waals surface area (Å²) in [6.45, 7) is 0.277. The topological polar surface area (TPSA) is 72.6 Å². The fourth-order valence-electron chi connectivity index (χ4n) is 4.65. The molecule has 2 fully saturated rings. The zero-order chi connectivity index (χ0) is 19.5. The molecule has 0 spiro atoms. The summed E-state index contributed by atoms with van der Waals surface area (Å²) in [6, 6.07) is 17.3. The number of fused-ring (bicyclic) bond motifs is 2. The van der Waals surface area contributed by atoms with Crippen LogP contribution in [0.2, 0.25) is 0 Å². The van der Waals surface area contributed by atoms with Crippen LogP contribution in [0.5, 0.6) is 0 Å². The molecule has 2 aromatic rings. The predicted octanol–water partition coefficient (Wildman–Crippen LogP) is 4.43. The fourth-order valence-corrected chi connectivity index (χ4v) is 4.65. The summed E-state index contributed by atoms with van der Waals surface area (Å²) in [6.07, 6.45) is 5.14. The Morgan fingerprint density at radius 2 is 1.75 bits per heavy atom. The van der Waals surface area contributed by atoms with E-state index in [1.54, 1.807) is 12.1 Å². The zero-order valence-corrected chi connectivity index (χ0v) is 15.9. The quantitative estimate of drug-likeness (QED) is 0.855. The summed E-state index contributed by atoms with van der Waals surface area (Å²) in [5, 5.41) is 0. The summed E-state index contributed by atoms with van der Waals surface area (Å²) in [5.74, 6) is 0.198. The molecular weight excluding hydrogens is 352 g/mol. The van der Waals surface area contributed by atoms with Crippen molar-refractivity contribution in [3.05, 3.63) is 71.3 Å². The smallest absolute Gasteiger partial charge is 0.410 e. The molecule has 2 aliphatic rings. The molecule has 5 heteroatoms. The van der Waals surface area contributed by atoms with Crippen LogP contribution in [-0.4, -0.2) is 22.9 Å². The number of ether oxygens (including phenoxy) is 1. The number of hydrogen-bond acceptors (Lipinski definition) is 3. The summed E-state index contributed by atoms with van der Waals surface area (Å²) >= 11 is 0.